The van der Waals surface area contributed by atoms with E-state index in [9.17, 15) is 5.11 Å². The summed E-state index contributed by atoms with van der Waals surface area (Å²) < 4.78 is 13.1. The number of aromatic hydroxyl groups is 1. The van der Waals surface area contributed by atoms with Crippen molar-refractivity contribution in [2.75, 3.05) is 0 Å². The van der Waals surface area contributed by atoms with Crippen LogP contribution in [0.3, 0.4) is 0 Å². The zero-order valence-corrected chi connectivity index (χ0v) is 14.2. The van der Waals surface area contributed by atoms with Gasteiger partial charge in [-0.1, -0.05) is 22.9 Å². The van der Waals surface area contributed by atoms with Crippen LogP contribution in [0.2, 0.25) is 0 Å². The van der Waals surface area contributed by atoms with Gasteiger partial charge in [-0.3, -0.25) is 0 Å². The quantitative estimate of drug-likeness (QED) is 0.875. The average Bonchev–Trinajstić information content (AvgIpc) is 2.47. The first-order chi connectivity index (χ1) is 10.4. The molecule has 22 heavy (non-hydrogen) atoms. The Bertz CT molecular complexity index is 688. The summed E-state index contributed by atoms with van der Waals surface area (Å²) in [6.45, 7) is 6.17. The van der Waals surface area contributed by atoms with Gasteiger partial charge >= 0.3 is 0 Å². The number of nitrogens with zero attached hydrogens (tertiary/aromatic N) is 2. The summed E-state index contributed by atoms with van der Waals surface area (Å²) in [5.74, 6) is 1.15. The van der Waals surface area contributed by atoms with Crippen molar-refractivity contribution in [1.82, 2.24) is 10.2 Å². The lowest BCUT2D eigenvalue weighted by atomic mass is 9.81. The Balaban J connectivity index is 2.00. The van der Waals surface area contributed by atoms with E-state index in [1.807, 2.05) is 32.0 Å². The van der Waals surface area contributed by atoms with Gasteiger partial charge in [0.1, 0.15) is 17.5 Å². The standard InChI is InChI=1S/C16H17BrN2O3/c1-9-15(21-14-7-6-13(20)18-19-14)11-8-10(17)4-5-12(11)22-16(9,2)3/h4-9,15H,1-3H3,(H,18,20). The van der Waals surface area contributed by atoms with Gasteiger partial charge in [0.2, 0.25) is 11.8 Å². The van der Waals surface area contributed by atoms with E-state index in [2.05, 4.69) is 33.1 Å². The minimum absolute atomic E-state index is 0.102. The van der Waals surface area contributed by atoms with E-state index in [1.165, 1.54) is 6.07 Å². The first kappa shape index (κ1) is 15.1. The molecule has 6 heteroatoms. The third kappa shape index (κ3) is 2.75. The Kier molecular flexibility index (Phi) is 3.72. The zero-order valence-electron chi connectivity index (χ0n) is 12.6. The van der Waals surface area contributed by atoms with Crippen LogP contribution in [0.1, 0.15) is 32.4 Å². The molecule has 1 aliphatic heterocycles. The van der Waals surface area contributed by atoms with Crippen molar-refractivity contribution in [1.29, 1.82) is 0 Å². The number of ether oxygens (including phenoxy) is 2. The number of benzene rings is 1. The van der Waals surface area contributed by atoms with Crippen molar-refractivity contribution < 1.29 is 14.6 Å². The molecule has 0 aliphatic carbocycles. The van der Waals surface area contributed by atoms with Crippen LogP contribution in [0.25, 0.3) is 0 Å². The molecule has 1 aliphatic rings. The summed E-state index contributed by atoms with van der Waals surface area (Å²) in [6.07, 6.45) is -0.213. The van der Waals surface area contributed by atoms with E-state index < -0.39 is 0 Å². The molecule has 1 aromatic carbocycles. The molecule has 0 spiro atoms. The van der Waals surface area contributed by atoms with Crippen LogP contribution in [0.15, 0.2) is 34.8 Å². The van der Waals surface area contributed by atoms with E-state index in [1.54, 1.807) is 6.07 Å². The summed E-state index contributed by atoms with van der Waals surface area (Å²) >= 11 is 3.49. The zero-order chi connectivity index (χ0) is 15.9. The van der Waals surface area contributed by atoms with Gasteiger partial charge in [0.25, 0.3) is 0 Å². The molecule has 2 atom stereocenters. The van der Waals surface area contributed by atoms with E-state index in [0.717, 1.165) is 15.8 Å². The molecule has 0 saturated carbocycles. The number of hydrogen-bond acceptors (Lipinski definition) is 5. The van der Waals surface area contributed by atoms with Crippen molar-refractivity contribution in [3.8, 4) is 17.5 Å². The molecule has 0 radical (unpaired) electrons. The van der Waals surface area contributed by atoms with Crippen molar-refractivity contribution >= 4 is 15.9 Å². The molecular formula is C16H17BrN2O3. The smallest absolute Gasteiger partial charge is 0.234 e. The van der Waals surface area contributed by atoms with Crippen molar-refractivity contribution in [3.63, 3.8) is 0 Å². The first-order valence-corrected chi connectivity index (χ1v) is 7.84. The average molecular weight is 365 g/mol. The topological polar surface area (TPSA) is 64.5 Å². The van der Waals surface area contributed by atoms with E-state index in [-0.39, 0.29) is 23.5 Å². The fourth-order valence-electron chi connectivity index (χ4n) is 2.52. The molecule has 0 saturated heterocycles. The molecule has 1 N–H and O–H groups in total. The number of hydrogen-bond donors (Lipinski definition) is 1. The Labute approximate surface area is 137 Å². The van der Waals surface area contributed by atoms with Crippen molar-refractivity contribution in [2.24, 2.45) is 5.92 Å². The van der Waals surface area contributed by atoms with Crippen LogP contribution in [0.5, 0.6) is 17.5 Å². The monoisotopic (exact) mass is 364 g/mol. The number of halogens is 1. The maximum Gasteiger partial charge on any atom is 0.234 e. The highest BCUT2D eigenvalue weighted by atomic mass is 79.9. The lowest BCUT2D eigenvalue weighted by Gasteiger charge is -2.42. The third-order valence-electron chi connectivity index (χ3n) is 4.08. The summed E-state index contributed by atoms with van der Waals surface area (Å²) in [5, 5.41) is 16.7. The summed E-state index contributed by atoms with van der Waals surface area (Å²) in [7, 11) is 0. The molecule has 2 unspecified atom stereocenters. The van der Waals surface area contributed by atoms with Crippen LogP contribution in [-0.4, -0.2) is 20.9 Å². The minimum Gasteiger partial charge on any atom is -0.492 e. The molecule has 0 bridgehead atoms. The second-order valence-corrected chi connectivity index (χ2v) is 6.86. The van der Waals surface area contributed by atoms with Gasteiger partial charge in [-0.15, -0.1) is 10.2 Å². The van der Waals surface area contributed by atoms with Crippen LogP contribution in [-0.2, 0) is 0 Å². The molecule has 2 heterocycles. The summed E-state index contributed by atoms with van der Waals surface area (Å²) in [4.78, 5) is 0. The lowest BCUT2D eigenvalue weighted by molar-refractivity contribution is -0.0361. The van der Waals surface area contributed by atoms with Gasteiger partial charge < -0.3 is 14.6 Å². The summed E-state index contributed by atoms with van der Waals surface area (Å²) in [5.41, 5.74) is 0.603. The van der Waals surface area contributed by atoms with Gasteiger partial charge in [-0.05, 0) is 32.0 Å². The Morgan fingerprint density at radius 3 is 2.68 bits per heavy atom. The van der Waals surface area contributed by atoms with Gasteiger partial charge in [-0.2, -0.15) is 0 Å². The third-order valence-corrected chi connectivity index (χ3v) is 4.57. The van der Waals surface area contributed by atoms with E-state index in [4.69, 9.17) is 9.47 Å². The van der Waals surface area contributed by atoms with Crippen molar-refractivity contribution in [2.45, 2.75) is 32.5 Å². The fraction of sp³-hybridized carbons (Fsp3) is 0.375. The van der Waals surface area contributed by atoms with Crippen LogP contribution < -0.4 is 9.47 Å². The highest BCUT2D eigenvalue weighted by Crippen LogP contribution is 2.46. The Morgan fingerprint density at radius 1 is 1.23 bits per heavy atom. The molecule has 0 amide bonds. The van der Waals surface area contributed by atoms with Crippen LogP contribution >= 0.6 is 15.9 Å². The number of aromatic nitrogens is 2. The van der Waals surface area contributed by atoms with Crippen molar-refractivity contribution in [3.05, 3.63) is 40.4 Å². The summed E-state index contributed by atoms with van der Waals surface area (Å²) in [6, 6.07) is 8.95. The normalized spacial score (nSPS) is 22.5. The predicted octanol–water partition coefficient (Wildman–Crippen LogP) is 3.87. The maximum atomic E-state index is 9.24. The lowest BCUT2D eigenvalue weighted by Crippen LogP contribution is -2.44. The van der Waals surface area contributed by atoms with Gasteiger partial charge in [0.15, 0.2) is 0 Å². The molecule has 116 valence electrons. The van der Waals surface area contributed by atoms with E-state index >= 15 is 0 Å². The molecule has 0 fully saturated rings. The second-order valence-electron chi connectivity index (χ2n) is 5.94. The highest BCUT2D eigenvalue weighted by molar-refractivity contribution is 9.10. The van der Waals surface area contributed by atoms with Crippen LogP contribution in [0.4, 0.5) is 0 Å². The predicted molar refractivity (Wildman–Crippen MR) is 85.1 cm³/mol. The molecule has 2 aromatic rings. The largest absolute Gasteiger partial charge is 0.492 e. The number of fused-ring (bicyclic) bond motifs is 1. The number of rotatable bonds is 2. The maximum absolute atomic E-state index is 9.24. The Morgan fingerprint density at radius 2 is 2.00 bits per heavy atom. The second kappa shape index (κ2) is 5.43. The first-order valence-electron chi connectivity index (χ1n) is 7.04. The van der Waals surface area contributed by atoms with Gasteiger partial charge in [0.05, 0.1) is 0 Å². The van der Waals surface area contributed by atoms with Crippen LogP contribution in [0, 0.1) is 5.92 Å². The molecular weight excluding hydrogens is 348 g/mol. The highest BCUT2D eigenvalue weighted by Gasteiger charge is 2.42. The Hall–Kier alpha value is -1.82. The van der Waals surface area contributed by atoms with Gasteiger partial charge in [0, 0.05) is 28.1 Å². The SMILES string of the molecule is CC1C(Oc2ccc(O)nn2)c2cc(Br)ccc2OC1(C)C. The minimum atomic E-state index is -0.365. The molecule has 3 rings (SSSR count). The molecule has 1 aromatic heterocycles. The van der Waals surface area contributed by atoms with E-state index in [0.29, 0.717) is 5.88 Å². The molecule has 5 nitrogen and oxygen atoms in total. The fourth-order valence-corrected chi connectivity index (χ4v) is 2.90. The van der Waals surface area contributed by atoms with Gasteiger partial charge in [-0.25, -0.2) is 0 Å².